The van der Waals surface area contributed by atoms with E-state index < -0.39 is 10.0 Å². The fourth-order valence-corrected chi connectivity index (χ4v) is 4.02. The van der Waals surface area contributed by atoms with Gasteiger partial charge in [-0.25, -0.2) is 13.1 Å². The van der Waals surface area contributed by atoms with Gasteiger partial charge in [0.15, 0.2) is 5.78 Å². The molecule has 0 aliphatic heterocycles. The number of fused-ring (bicyclic) bond motifs is 1. The summed E-state index contributed by atoms with van der Waals surface area (Å²) in [4.78, 5) is 15.3. The molecule has 6 nitrogen and oxygen atoms in total. The molecule has 1 aromatic heterocycles. The summed E-state index contributed by atoms with van der Waals surface area (Å²) >= 11 is 0. The second-order valence-electron chi connectivity index (χ2n) is 5.88. The highest BCUT2D eigenvalue weighted by molar-refractivity contribution is 7.89. The van der Waals surface area contributed by atoms with E-state index in [1.807, 2.05) is 18.2 Å². The lowest BCUT2D eigenvalue weighted by Crippen LogP contribution is -2.26. The van der Waals surface area contributed by atoms with Gasteiger partial charge in [-0.3, -0.25) is 4.79 Å². The van der Waals surface area contributed by atoms with E-state index in [4.69, 9.17) is 4.74 Å². The van der Waals surface area contributed by atoms with Crippen molar-refractivity contribution in [2.24, 2.45) is 0 Å². The van der Waals surface area contributed by atoms with E-state index in [0.29, 0.717) is 17.9 Å². The summed E-state index contributed by atoms with van der Waals surface area (Å²) < 4.78 is 32.6. The van der Waals surface area contributed by atoms with Gasteiger partial charge in [-0.15, -0.1) is 0 Å². The smallest absolute Gasteiger partial charge is 0.240 e. The van der Waals surface area contributed by atoms with E-state index in [1.54, 1.807) is 37.4 Å². The Morgan fingerprint density at radius 3 is 2.50 bits per heavy atom. The molecule has 0 aliphatic carbocycles. The molecule has 0 unspecified atom stereocenters. The number of para-hydroxylation sites is 1. The molecule has 136 valence electrons. The molecule has 0 saturated carbocycles. The van der Waals surface area contributed by atoms with Gasteiger partial charge >= 0.3 is 0 Å². The summed E-state index contributed by atoms with van der Waals surface area (Å²) in [5.41, 5.74) is 1.99. The van der Waals surface area contributed by atoms with E-state index in [0.717, 1.165) is 16.5 Å². The van der Waals surface area contributed by atoms with Gasteiger partial charge in [-0.2, -0.15) is 0 Å². The Bertz CT molecular complexity index is 1040. The van der Waals surface area contributed by atoms with E-state index in [-0.39, 0.29) is 17.2 Å². The SMILES string of the molecule is COc1cccc2c(CCNS(=O)(=O)c3ccccc3)c(C(C)=O)[nH]c12. The highest BCUT2D eigenvalue weighted by Crippen LogP contribution is 2.30. The van der Waals surface area contributed by atoms with Gasteiger partial charge in [0.05, 0.1) is 23.2 Å². The van der Waals surface area contributed by atoms with Gasteiger partial charge in [0.1, 0.15) is 5.75 Å². The molecule has 0 amide bonds. The standard InChI is InChI=1S/C19H20N2O4S/c1-13(22)18-16(15-9-6-10-17(25-2)19(15)21-18)11-12-20-26(23,24)14-7-4-3-5-8-14/h3-10,20-21H,11-12H2,1-2H3. The Kier molecular flexibility index (Phi) is 5.11. The largest absolute Gasteiger partial charge is 0.495 e. The average molecular weight is 372 g/mol. The first-order valence-corrected chi connectivity index (χ1v) is 9.65. The zero-order chi connectivity index (χ0) is 18.7. The highest BCUT2D eigenvalue weighted by Gasteiger charge is 2.18. The maximum atomic E-state index is 12.3. The normalized spacial score (nSPS) is 11.6. The molecule has 0 fully saturated rings. The number of sulfonamides is 1. The van der Waals surface area contributed by atoms with Gasteiger partial charge in [-0.1, -0.05) is 30.3 Å². The van der Waals surface area contributed by atoms with E-state index in [1.165, 1.54) is 6.92 Å². The first kappa shape index (κ1) is 18.2. The number of rotatable bonds is 7. The Morgan fingerprint density at radius 1 is 1.12 bits per heavy atom. The van der Waals surface area contributed by atoms with Crippen molar-refractivity contribution >= 4 is 26.7 Å². The van der Waals surface area contributed by atoms with E-state index >= 15 is 0 Å². The number of Topliss-reactive ketones (excluding diaryl/α,β-unsaturated/α-hetero) is 1. The number of methoxy groups -OCH3 is 1. The van der Waals surface area contributed by atoms with Crippen LogP contribution in [-0.2, 0) is 16.4 Å². The predicted octanol–water partition coefficient (Wildman–Crippen LogP) is 2.90. The minimum atomic E-state index is -3.58. The molecule has 2 N–H and O–H groups in total. The van der Waals surface area contributed by atoms with Crippen molar-refractivity contribution in [3.05, 3.63) is 59.8 Å². The third-order valence-electron chi connectivity index (χ3n) is 4.20. The number of ether oxygens (including phenoxy) is 1. The van der Waals surface area contributed by atoms with Crippen LogP contribution in [0.25, 0.3) is 10.9 Å². The average Bonchev–Trinajstić information content (AvgIpc) is 3.01. The van der Waals surface area contributed by atoms with Gasteiger partial charge in [0.25, 0.3) is 0 Å². The molecular formula is C19H20N2O4S. The van der Waals surface area contributed by atoms with Crippen LogP contribution in [0.2, 0.25) is 0 Å². The number of benzene rings is 2. The van der Waals surface area contributed by atoms with Gasteiger partial charge in [0, 0.05) is 18.9 Å². The fraction of sp³-hybridized carbons (Fsp3) is 0.211. The van der Waals surface area contributed by atoms with Crippen molar-refractivity contribution in [2.45, 2.75) is 18.2 Å². The van der Waals surface area contributed by atoms with Crippen LogP contribution in [0, 0.1) is 0 Å². The number of hydrogen-bond donors (Lipinski definition) is 2. The summed E-state index contributed by atoms with van der Waals surface area (Å²) in [6.07, 6.45) is 0.383. The summed E-state index contributed by atoms with van der Waals surface area (Å²) in [6.45, 7) is 1.66. The second-order valence-corrected chi connectivity index (χ2v) is 7.65. The molecule has 1 heterocycles. The number of aromatic nitrogens is 1. The molecular weight excluding hydrogens is 352 g/mol. The third kappa shape index (κ3) is 3.49. The van der Waals surface area contributed by atoms with Crippen molar-refractivity contribution in [1.82, 2.24) is 9.71 Å². The summed E-state index contributed by atoms with van der Waals surface area (Å²) in [5.74, 6) is 0.533. The zero-order valence-electron chi connectivity index (χ0n) is 14.6. The monoisotopic (exact) mass is 372 g/mol. The van der Waals surface area contributed by atoms with Crippen molar-refractivity contribution < 1.29 is 17.9 Å². The van der Waals surface area contributed by atoms with Crippen LogP contribution in [0.5, 0.6) is 5.75 Å². The van der Waals surface area contributed by atoms with Gasteiger partial charge in [0.2, 0.25) is 10.0 Å². The summed E-state index contributed by atoms with van der Waals surface area (Å²) in [6, 6.07) is 13.7. The van der Waals surface area contributed by atoms with Crippen molar-refractivity contribution in [2.75, 3.05) is 13.7 Å². The van der Waals surface area contributed by atoms with E-state index in [9.17, 15) is 13.2 Å². The molecule has 0 bridgehead atoms. The zero-order valence-corrected chi connectivity index (χ0v) is 15.4. The molecule has 0 saturated heterocycles. The van der Waals surface area contributed by atoms with E-state index in [2.05, 4.69) is 9.71 Å². The highest BCUT2D eigenvalue weighted by atomic mass is 32.2. The van der Waals surface area contributed by atoms with Crippen molar-refractivity contribution in [1.29, 1.82) is 0 Å². The quantitative estimate of drug-likeness (QED) is 0.624. The minimum Gasteiger partial charge on any atom is -0.495 e. The summed E-state index contributed by atoms with van der Waals surface area (Å²) in [7, 11) is -2.02. The number of carbonyl (C=O) groups is 1. The Hall–Kier alpha value is -2.64. The Labute approximate surface area is 152 Å². The number of H-pyrrole nitrogens is 1. The van der Waals surface area contributed by atoms with Crippen molar-refractivity contribution in [3.63, 3.8) is 0 Å². The van der Waals surface area contributed by atoms with Crippen LogP contribution in [0.1, 0.15) is 23.0 Å². The van der Waals surface area contributed by atoms with Gasteiger partial charge in [-0.05, 0) is 30.2 Å². The molecule has 0 spiro atoms. The van der Waals surface area contributed by atoms with Crippen LogP contribution < -0.4 is 9.46 Å². The van der Waals surface area contributed by atoms with Crippen LogP contribution in [-0.4, -0.2) is 32.8 Å². The lowest BCUT2D eigenvalue weighted by atomic mass is 10.1. The Balaban J connectivity index is 1.87. The van der Waals surface area contributed by atoms with Crippen LogP contribution >= 0.6 is 0 Å². The lowest BCUT2D eigenvalue weighted by Gasteiger charge is -2.07. The third-order valence-corrected chi connectivity index (χ3v) is 5.67. The molecule has 26 heavy (non-hydrogen) atoms. The second kappa shape index (κ2) is 7.31. The minimum absolute atomic E-state index is 0.107. The molecule has 3 aromatic rings. The predicted molar refractivity (Wildman–Crippen MR) is 100 cm³/mol. The van der Waals surface area contributed by atoms with Crippen LogP contribution in [0.4, 0.5) is 0 Å². The van der Waals surface area contributed by atoms with Crippen molar-refractivity contribution in [3.8, 4) is 5.75 Å². The first-order valence-electron chi connectivity index (χ1n) is 8.17. The molecule has 7 heteroatoms. The number of nitrogens with one attached hydrogen (secondary N) is 2. The molecule has 0 radical (unpaired) electrons. The molecule has 2 aromatic carbocycles. The summed E-state index contributed by atoms with van der Waals surface area (Å²) in [5, 5.41) is 0.855. The molecule has 0 aliphatic rings. The lowest BCUT2D eigenvalue weighted by molar-refractivity contribution is 0.101. The number of hydrogen-bond acceptors (Lipinski definition) is 4. The van der Waals surface area contributed by atoms with Crippen LogP contribution in [0.3, 0.4) is 0 Å². The maximum absolute atomic E-state index is 12.3. The van der Waals surface area contributed by atoms with Crippen LogP contribution in [0.15, 0.2) is 53.4 Å². The fourth-order valence-electron chi connectivity index (χ4n) is 2.97. The topological polar surface area (TPSA) is 88.3 Å². The molecule has 0 atom stereocenters. The maximum Gasteiger partial charge on any atom is 0.240 e. The molecule has 3 rings (SSSR count). The first-order chi connectivity index (χ1) is 12.4. The van der Waals surface area contributed by atoms with Gasteiger partial charge < -0.3 is 9.72 Å². The number of carbonyl (C=O) groups excluding carboxylic acids is 1. The number of ketones is 1. The Morgan fingerprint density at radius 2 is 1.85 bits per heavy atom. The number of aromatic amines is 1.